The fraction of sp³-hybridized carbons (Fsp3) is 0.389. The van der Waals surface area contributed by atoms with E-state index in [0.717, 1.165) is 4.57 Å². The van der Waals surface area contributed by atoms with E-state index in [1.54, 1.807) is 18.2 Å². The molecule has 30 heavy (non-hydrogen) atoms. The molecule has 0 bridgehead atoms. The molecule has 0 radical (unpaired) electrons. The summed E-state index contributed by atoms with van der Waals surface area (Å²) in [6.07, 6.45) is -1.73. The van der Waals surface area contributed by atoms with Crippen LogP contribution in [0.3, 0.4) is 0 Å². The van der Waals surface area contributed by atoms with Gasteiger partial charge in [-0.05, 0) is 30.7 Å². The molecular weight excluding hydrogens is 399 g/mol. The molecule has 3 rings (SSSR count). The van der Waals surface area contributed by atoms with Gasteiger partial charge in [-0.25, -0.2) is 14.0 Å². The van der Waals surface area contributed by atoms with Crippen LogP contribution in [0.2, 0.25) is 0 Å². The quantitative estimate of drug-likeness (QED) is 0.325. The second kappa shape index (κ2) is 8.11. The van der Waals surface area contributed by atoms with Crippen molar-refractivity contribution < 1.29 is 23.4 Å². The third-order valence-corrected chi connectivity index (χ3v) is 4.74. The Bertz CT molecular complexity index is 1040. The smallest absolute Gasteiger partial charge is 0.351 e. The minimum absolute atomic E-state index is 0.0497. The molecule has 0 unspecified atom stereocenters. The van der Waals surface area contributed by atoms with Crippen LogP contribution in [0, 0.1) is 0 Å². The number of rotatable bonds is 6. The Morgan fingerprint density at radius 3 is 2.73 bits per heavy atom. The SMILES string of the molecule is CO[C@H]1[C@@](C)(N=[N+]=[N-])[C@H](n2ccc(N)nc2=O)O[C@]1(F)COC(=O)c1ccccc1. The lowest BCUT2D eigenvalue weighted by atomic mass is 9.92. The lowest BCUT2D eigenvalue weighted by Crippen LogP contribution is -2.50. The van der Waals surface area contributed by atoms with Gasteiger partial charge in [-0.3, -0.25) is 4.57 Å². The summed E-state index contributed by atoms with van der Waals surface area (Å²) in [5, 5.41) is 3.64. The number of methoxy groups -OCH3 is 1. The summed E-state index contributed by atoms with van der Waals surface area (Å²) in [6, 6.07) is 9.27. The van der Waals surface area contributed by atoms with Gasteiger partial charge in [-0.15, -0.1) is 0 Å². The molecule has 0 spiro atoms. The molecule has 1 saturated heterocycles. The summed E-state index contributed by atoms with van der Waals surface area (Å²) in [7, 11) is 1.18. The van der Waals surface area contributed by atoms with Crippen LogP contribution in [-0.4, -0.2) is 46.7 Å². The molecule has 2 aromatic rings. The Morgan fingerprint density at radius 1 is 1.43 bits per heavy atom. The Labute approximate surface area is 169 Å². The highest BCUT2D eigenvalue weighted by Gasteiger charge is 2.65. The van der Waals surface area contributed by atoms with Crippen molar-refractivity contribution >= 4 is 11.8 Å². The van der Waals surface area contributed by atoms with Crippen LogP contribution in [0.4, 0.5) is 10.2 Å². The Balaban J connectivity index is 1.95. The minimum Gasteiger partial charge on any atom is -0.456 e. The van der Waals surface area contributed by atoms with E-state index in [0.29, 0.717) is 0 Å². The molecule has 158 valence electrons. The molecule has 0 amide bonds. The van der Waals surface area contributed by atoms with Crippen LogP contribution in [0.25, 0.3) is 10.4 Å². The third-order valence-electron chi connectivity index (χ3n) is 4.74. The number of benzene rings is 1. The van der Waals surface area contributed by atoms with Crippen molar-refractivity contribution in [3.63, 3.8) is 0 Å². The van der Waals surface area contributed by atoms with Crippen molar-refractivity contribution in [1.82, 2.24) is 9.55 Å². The van der Waals surface area contributed by atoms with Gasteiger partial charge in [-0.2, -0.15) is 4.98 Å². The third kappa shape index (κ3) is 3.71. The number of ether oxygens (including phenoxy) is 3. The zero-order valence-corrected chi connectivity index (χ0v) is 16.1. The summed E-state index contributed by atoms with van der Waals surface area (Å²) < 4.78 is 32.5. The number of azide groups is 1. The van der Waals surface area contributed by atoms with Gasteiger partial charge in [0.2, 0.25) is 0 Å². The van der Waals surface area contributed by atoms with Crippen molar-refractivity contribution in [3.05, 3.63) is 69.1 Å². The van der Waals surface area contributed by atoms with E-state index < -0.39 is 42.0 Å². The maximum Gasteiger partial charge on any atom is 0.351 e. The molecule has 1 aromatic heterocycles. The number of hydrogen-bond acceptors (Lipinski definition) is 8. The fourth-order valence-corrected chi connectivity index (χ4v) is 3.42. The summed E-state index contributed by atoms with van der Waals surface area (Å²) >= 11 is 0. The van der Waals surface area contributed by atoms with E-state index in [9.17, 15) is 9.59 Å². The van der Waals surface area contributed by atoms with E-state index in [4.69, 9.17) is 25.5 Å². The standard InChI is InChI=1S/C18H19FN6O5/c1-17(23-24-21)14(28-2)18(19,10-29-13(26)11-6-4-3-5-7-11)30-15(17)25-9-8-12(20)22-16(25)27/h3-9,14-15H,10H2,1-2H3,(H2,20,22,27)/t14-,15+,17+,18+/m0/s1. The molecule has 2 N–H and O–H groups in total. The number of hydrogen-bond donors (Lipinski definition) is 1. The predicted molar refractivity (Wildman–Crippen MR) is 102 cm³/mol. The number of nitrogens with two attached hydrogens (primary N) is 1. The number of esters is 1. The number of halogens is 1. The number of nitrogens with zero attached hydrogens (tertiary/aromatic N) is 5. The van der Waals surface area contributed by atoms with Crippen LogP contribution in [0.5, 0.6) is 0 Å². The van der Waals surface area contributed by atoms with Crippen molar-refractivity contribution in [2.75, 3.05) is 19.5 Å². The van der Waals surface area contributed by atoms with Crippen molar-refractivity contribution in [2.45, 2.75) is 30.6 Å². The number of carbonyl (C=O) groups is 1. The Morgan fingerprint density at radius 2 is 2.13 bits per heavy atom. The zero-order chi connectivity index (χ0) is 21.9. The lowest BCUT2D eigenvalue weighted by molar-refractivity contribution is -0.212. The van der Waals surface area contributed by atoms with Crippen molar-refractivity contribution in [3.8, 4) is 0 Å². The molecular formula is C18H19FN6O5. The number of nitrogen functional groups attached to an aromatic ring is 1. The van der Waals surface area contributed by atoms with E-state index in [1.165, 1.54) is 38.4 Å². The Hall–Kier alpha value is -3.47. The molecule has 4 atom stereocenters. The normalized spacial score (nSPS) is 28.0. The van der Waals surface area contributed by atoms with Gasteiger partial charge < -0.3 is 19.9 Å². The molecule has 1 aliphatic rings. The average Bonchev–Trinajstić information content (AvgIpc) is 2.94. The number of aromatic nitrogens is 2. The summed E-state index contributed by atoms with van der Waals surface area (Å²) in [5.41, 5.74) is 12.2. The predicted octanol–water partition coefficient (Wildman–Crippen LogP) is 1.96. The van der Waals surface area contributed by atoms with Gasteiger partial charge in [0.1, 0.15) is 17.5 Å². The second-order valence-electron chi connectivity index (χ2n) is 6.77. The molecule has 1 aromatic carbocycles. The molecule has 12 heteroatoms. The summed E-state index contributed by atoms with van der Waals surface area (Å²) in [4.78, 5) is 30.8. The minimum atomic E-state index is -2.73. The topological polar surface area (TPSA) is 154 Å². The fourth-order valence-electron chi connectivity index (χ4n) is 3.42. The van der Waals surface area contributed by atoms with Crippen LogP contribution >= 0.6 is 0 Å². The van der Waals surface area contributed by atoms with E-state index in [1.807, 2.05) is 0 Å². The molecule has 1 fully saturated rings. The van der Waals surface area contributed by atoms with Gasteiger partial charge in [0.25, 0.3) is 5.85 Å². The van der Waals surface area contributed by atoms with Gasteiger partial charge in [0.15, 0.2) is 12.8 Å². The first-order valence-electron chi connectivity index (χ1n) is 8.78. The zero-order valence-electron chi connectivity index (χ0n) is 16.1. The largest absolute Gasteiger partial charge is 0.456 e. The van der Waals surface area contributed by atoms with Crippen LogP contribution in [-0.2, 0) is 14.2 Å². The number of anilines is 1. The lowest BCUT2D eigenvalue weighted by Gasteiger charge is -2.30. The van der Waals surface area contributed by atoms with E-state index in [-0.39, 0.29) is 11.4 Å². The molecule has 11 nitrogen and oxygen atoms in total. The van der Waals surface area contributed by atoms with Crippen LogP contribution < -0.4 is 11.4 Å². The van der Waals surface area contributed by atoms with Gasteiger partial charge >= 0.3 is 11.7 Å². The highest BCUT2D eigenvalue weighted by Crippen LogP contribution is 2.48. The molecule has 1 aliphatic heterocycles. The van der Waals surface area contributed by atoms with Crippen molar-refractivity contribution in [1.29, 1.82) is 0 Å². The highest BCUT2D eigenvalue weighted by atomic mass is 19.2. The average molecular weight is 418 g/mol. The van der Waals surface area contributed by atoms with E-state index in [2.05, 4.69) is 15.0 Å². The van der Waals surface area contributed by atoms with Crippen LogP contribution in [0.15, 0.2) is 52.5 Å². The van der Waals surface area contributed by atoms with E-state index >= 15 is 4.39 Å². The molecule has 0 saturated carbocycles. The first-order valence-corrected chi connectivity index (χ1v) is 8.78. The summed E-state index contributed by atoms with van der Waals surface area (Å²) in [6.45, 7) is 0.484. The molecule has 2 heterocycles. The van der Waals surface area contributed by atoms with Crippen molar-refractivity contribution in [2.24, 2.45) is 5.11 Å². The Kier molecular flexibility index (Phi) is 5.74. The van der Waals surface area contributed by atoms with Crippen LogP contribution in [0.1, 0.15) is 23.5 Å². The number of alkyl halides is 1. The first-order chi connectivity index (χ1) is 14.2. The van der Waals surface area contributed by atoms with Gasteiger partial charge in [-0.1, -0.05) is 23.3 Å². The summed E-state index contributed by atoms with van der Waals surface area (Å²) in [5.74, 6) is -3.56. The van der Waals surface area contributed by atoms with Gasteiger partial charge in [0, 0.05) is 18.2 Å². The number of carbonyl (C=O) groups excluding carboxylic acids is 1. The molecule has 0 aliphatic carbocycles. The maximum absolute atomic E-state index is 15.9. The highest BCUT2D eigenvalue weighted by molar-refractivity contribution is 5.89. The second-order valence-corrected chi connectivity index (χ2v) is 6.77. The van der Waals surface area contributed by atoms with Gasteiger partial charge in [0.05, 0.1) is 5.56 Å². The maximum atomic E-state index is 15.9. The first kappa shape index (κ1) is 21.2. The monoisotopic (exact) mass is 418 g/mol.